The summed E-state index contributed by atoms with van der Waals surface area (Å²) < 4.78 is 18.3. The van der Waals surface area contributed by atoms with Crippen molar-refractivity contribution in [3.8, 4) is 0 Å². The molecule has 0 saturated carbocycles. The highest BCUT2D eigenvalue weighted by molar-refractivity contribution is 6.31. The first-order valence-electron chi connectivity index (χ1n) is 7.23. The van der Waals surface area contributed by atoms with E-state index in [0.717, 1.165) is 6.07 Å². The minimum atomic E-state index is -0.987. The molecule has 0 heterocycles. The van der Waals surface area contributed by atoms with E-state index in [1.807, 2.05) is 0 Å². The van der Waals surface area contributed by atoms with Gasteiger partial charge in [0.15, 0.2) is 6.10 Å². The van der Waals surface area contributed by atoms with E-state index < -0.39 is 23.8 Å². The van der Waals surface area contributed by atoms with E-state index in [2.05, 4.69) is 5.32 Å². The minimum absolute atomic E-state index is 0.111. The maximum atomic E-state index is 13.1. The van der Waals surface area contributed by atoms with E-state index >= 15 is 0 Å². The van der Waals surface area contributed by atoms with E-state index in [0.29, 0.717) is 16.9 Å². The maximum Gasteiger partial charge on any atom is 0.338 e. The van der Waals surface area contributed by atoms with Gasteiger partial charge in [0.25, 0.3) is 5.91 Å². The molecular weight excluding hydrogens is 335 g/mol. The summed E-state index contributed by atoms with van der Waals surface area (Å²) in [6.45, 7) is 1.71. The normalized spacial score (nSPS) is 11.6. The summed E-state index contributed by atoms with van der Waals surface area (Å²) >= 11 is 5.67. The fraction of sp³-hybridized carbons (Fsp3) is 0.176. The van der Waals surface area contributed by atoms with Gasteiger partial charge in [-0.05, 0) is 48.9 Å². The van der Waals surface area contributed by atoms with Crippen LogP contribution in [0.2, 0.25) is 5.02 Å². The first-order valence-corrected chi connectivity index (χ1v) is 7.61. The van der Waals surface area contributed by atoms with Gasteiger partial charge in [-0.15, -0.1) is 0 Å². The van der Waals surface area contributed by atoms with Crippen molar-refractivity contribution in [3.63, 3.8) is 0 Å². The van der Waals surface area contributed by atoms with Gasteiger partial charge >= 0.3 is 5.97 Å². The highest BCUT2D eigenvalue weighted by Gasteiger charge is 2.22. The summed E-state index contributed by atoms with van der Waals surface area (Å²) in [6.07, 6.45) is -0.708. The number of hydrogen-bond acceptors (Lipinski definition) is 4. The third-order valence-electron chi connectivity index (χ3n) is 3.25. The zero-order valence-corrected chi connectivity index (χ0v) is 13.6. The quantitative estimate of drug-likeness (QED) is 0.637. The van der Waals surface area contributed by atoms with Gasteiger partial charge in [-0.3, -0.25) is 4.79 Å². The summed E-state index contributed by atoms with van der Waals surface area (Å²) in [5.74, 6) is -1.74. The van der Waals surface area contributed by atoms with Crippen LogP contribution in [0.1, 0.15) is 23.7 Å². The fourth-order valence-corrected chi connectivity index (χ4v) is 2.12. The molecule has 0 spiro atoms. The number of esters is 1. The molecule has 1 unspecified atom stereocenters. The number of carbonyl (C=O) groups excluding carboxylic acids is 2. The number of amides is 1. The molecule has 2 aromatic carbocycles. The molecule has 7 heteroatoms. The van der Waals surface area contributed by atoms with Crippen LogP contribution in [0.25, 0.3) is 0 Å². The first kappa shape index (κ1) is 17.7. The molecule has 0 aliphatic rings. The van der Waals surface area contributed by atoms with Crippen molar-refractivity contribution in [1.29, 1.82) is 0 Å². The molecule has 1 amide bonds. The van der Waals surface area contributed by atoms with Crippen LogP contribution in [0.15, 0.2) is 42.5 Å². The van der Waals surface area contributed by atoms with Crippen LogP contribution < -0.4 is 11.1 Å². The number of halogens is 2. The topological polar surface area (TPSA) is 81.4 Å². The van der Waals surface area contributed by atoms with Crippen molar-refractivity contribution in [2.75, 3.05) is 11.1 Å². The Kier molecular flexibility index (Phi) is 5.76. The zero-order valence-electron chi connectivity index (χ0n) is 12.9. The van der Waals surface area contributed by atoms with Crippen LogP contribution in [0.3, 0.4) is 0 Å². The Hall–Kier alpha value is -2.60. The number of hydrogen-bond donors (Lipinski definition) is 2. The summed E-state index contributed by atoms with van der Waals surface area (Å²) in [5, 5.41) is 2.43. The van der Waals surface area contributed by atoms with E-state index in [-0.39, 0.29) is 11.4 Å². The fourth-order valence-electron chi connectivity index (χ4n) is 1.94. The van der Waals surface area contributed by atoms with Crippen molar-refractivity contribution in [3.05, 3.63) is 58.9 Å². The number of rotatable bonds is 5. The number of nitrogen functional groups attached to an aromatic ring is 1. The predicted octanol–water partition coefficient (Wildman–Crippen LogP) is 3.64. The van der Waals surface area contributed by atoms with Gasteiger partial charge in [-0.1, -0.05) is 18.5 Å². The second-order valence-electron chi connectivity index (χ2n) is 5.04. The Morgan fingerprint density at radius 2 is 1.92 bits per heavy atom. The van der Waals surface area contributed by atoms with Crippen molar-refractivity contribution in [1.82, 2.24) is 0 Å². The summed E-state index contributed by atoms with van der Waals surface area (Å²) in [6, 6.07) is 9.95. The van der Waals surface area contributed by atoms with Crippen LogP contribution in [0.5, 0.6) is 0 Å². The Bertz CT molecular complexity index is 750. The Morgan fingerprint density at radius 3 is 2.50 bits per heavy atom. The van der Waals surface area contributed by atoms with E-state index in [1.165, 1.54) is 24.3 Å². The number of ether oxygens (including phenoxy) is 1. The lowest BCUT2D eigenvalue weighted by Gasteiger charge is -2.16. The van der Waals surface area contributed by atoms with Crippen molar-refractivity contribution >= 4 is 34.9 Å². The molecule has 2 rings (SSSR count). The van der Waals surface area contributed by atoms with Crippen LogP contribution >= 0.6 is 11.6 Å². The highest BCUT2D eigenvalue weighted by Crippen LogP contribution is 2.20. The van der Waals surface area contributed by atoms with Gasteiger partial charge in [0, 0.05) is 11.4 Å². The molecule has 24 heavy (non-hydrogen) atoms. The Morgan fingerprint density at radius 1 is 1.25 bits per heavy atom. The zero-order chi connectivity index (χ0) is 17.7. The molecular formula is C17H16ClFN2O3. The lowest BCUT2D eigenvalue weighted by atomic mass is 10.2. The molecule has 0 fully saturated rings. The molecule has 0 saturated heterocycles. The van der Waals surface area contributed by atoms with Gasteiger partial charge in [-0.25, -0.2) is 9.18 Å². The molecule has 0 aliphatic carbocycles. The standard InChI is InChI=1S/C17H16ClFN2O3/c1-2-15(24-17(23)10-3-5-11(20)6-4-10)16(22)21-12-7-8-14(19)13(18)9-12/h3-9,15H,2,20H2,1H3,(H,21,22). The SMILES string of the molecule is CCC(OC(=O)c1ccc(N)cc1)C(=O)Nc1ccc(F)c(Cl)c1. The smallest absolute Gasteiger partial charge is 0.338 e. The Labute approximate surface area is 143 Å². The molecule has 0 aromatic heterocycles. The lowest BCUT2D eigenvalue weighted by molar-refractivity contribution is -0.124. The summed E-state index contributed by atoms with van der Waals surface area (Å²) in [4.78, 5) is 24.3. The summed E-state index contributed by atoms with van der Waals surface area (Å²) in [7, 11) is 0. The van der Waals surface area contributed by atoms with Crippen molar-refractivity contribution < 1.29 is 18.7 Å². The van der Waals surface area contributed by atoms with Crippen LogP contribution in [-0.4, -0.2) is 18.0 Å². The summed E-state index contributed by atoms with van der Waals surface area (Å²) in [5.41, 5.74) is 6.68. The molecule has 3 N–H and O–H groups in total. The number of nitrogens with two attached hydrogens (primary N) is 1. The maximum absolute atomic E-state index is 13.1. The average molecular weight is 351 g/mol. The highest BCUT2D eigenvalue weighted by atomic mass is 35.5. The minimum Gasteiger partial charge on any atom is -0.449 e. The molecule has 1 atom stereocenters. The lowest BCUT2D eigenvalue weighted by Crippen LogP contribution is -2.32. The molecule has 0 bridgehead atoms. The van der Waals surface area contributed by atoms with Gasteiger partial charge < -0.3 is 15.8 Å². The number of benzene rings is 2. The van der Waals surface area contributed by atoms with Gasteiger partial charge in [0.2, 0.25) is 0 Å². The van der Waals surface area contributed by atoms with E-state index in [9.17, 15) is 14.0 Å². The second kappa shape index (κ2) is 7.79. The van der Waals surface area contributed by atoms with Crippen LogP contribution in [0, 0.1) is 5.82 Å². The van der Waals surface area contributed by atoms with Crippen LogP contribution in [0.4, 0.5) is 15.8 Å². The third kappa shape index (κ3) is 4.45. The van der Waals surface area contributed by atoms with Crippen molar-refractivity contribution in [2.45, 2.75) is 19.4 Å². The first-order chi connectivity index (χ1) is 11.4. The number of anilines is 2. The van der Waals surface area contributed by atoms with Gasteiger partial charge in [0.05, 0.1) is 10.6 Å². The molecule has 2 aromatic rings. The third-order valence-corrected chi connectivity index (χ3v) is 3.54. The average Bonchev–Trinajstić information content (AvgIpc) is 2.56. The molecule has 126 valence electrons. The monoisotopic (exact) mass is 350 g/mol. The largest absolute Gasteiger partial charge is 0.449 e. The van der Waals surface area contributed by atoms with E-state index in [4.69, 9.17) is 22.1 Å². The van der Waals surface area contributed by atoms with Crippen molar-refractivity contribution in [2.24, 2.45) is 0 Å². The number of nitrogens with one attached hydrogen (secondary N) is 1. The van der Waals surface area contributed by atoms with E-state index in [1.54, 1.807) is 19.1 Å². The molecule has 5 nitrogen and oxygen atoms in total. The van der Waals surface area contributed by atoms with Gasteiger partial charge in [0.1, 0.15) is 5.82 Å². The molecule has 0 aliphatic heterocycles. The van der Waals surface area contributed by atoms with Gasteiger partial charge in [-0.2, -0.15) is 0 Å². The van der Waals surface area contributed by atoms with Crippen LogP contribution in [-0.2, 0) is 9.53 Å². The second-order valence-corrected chi connectivity index (χ2v) is 5.45. The Balaban J connectivity index is 2.04. The number of carbonyl (C=O) groups is 2. The molecule has 0 radical (unpaired) electrons. The predicted molar refractivity (Wildman–Crippen MR) is 90.4 cm³/mol.